The van der Waals surface area contributed by atoms with Crippen molar-refractivity contribution in [3.8, 4) is 0 Å². The summed E-state index contributed by atoms with van der Waals surface area (Å²) in [6.45, 7) is 2.02. The molecular formula is C14H19N5O2S. The monoisotopic (exact) mass is 321 g/mol. The lowest BCUT2D eigenvalue weighted by atomic mass is 10.1. The highest BCUT2D eigenvalue weighted by atomic mass is 32.2. The standard InChI is InChI=1S/C14H19N5O2S/c1-18-11-13(10-16-18)22(20,21)17-12-5-6-14(15-9-12)19-7-3-2-4-8-19/h5-6,9-11,17H,2-4,7-8H2,1H3. The van der Waals surface area contributed by atoms with E-state index in [-0.39, 0.29) is 4.90 Å². The first-order valence-electron chi connectivity index (χ1n) is 7.27. The molecule has 8 heteroatoms. The number of aromatic nitrogens is 3. The summed E-state index contributed by atoms with van der Waals surface area (Å²) in [7, 11) is -1.94. The number of piperidine rings is 1. The highest BCUT2D eigenvalue weighted by Crippen LogP contribution is 2.20. The van der Waals surface area contributed by atoms with E-state index in [1.54, 1.807) is 19.3 Å². The maximum Gasteiger partial charge on any atom is 0.265 e. The van der Waals surface area contributed by atoms with Crippen molar-refractivity contribution in [1.29, 1.82) is 0 Å². The lowest BCUT2D eigenvalue weighted by molar-refractivity contribution is 0.573. The summed E-state index contributed by atoms with van der Waals surface area (Å²) < 4.78 is 28.4. The molecule has 7 nitrogen and oxygen atoms in total. The van der Waals surface area contributed by atoms with Crippen molar-refractivity contribution in [1.82, 2.24) is 14.8 Å². The Morgan fingerprint density at radius 3 is 2.50 bits per heavy atom. The third-order valence-corrected chi connectivity index (χ3v) is 5.01. The van der Waals surface area contributed by atoms with Crippen LogP contribution in [-0.4, -0.2) is 36.3 Å². The molecule has 1 aliphatic rings. The van der Waals surface area contributed by atoms with Gasteiger partial charge in [0.25, 0.3) is 10.0 Å². The van der Waals surface area contributed by atoms with Gasteiger partial charge in [0.2, 0.25) is 0 Å². The number of hydrogen-bond acceptors (Lipinski definition) is 5. The van der Waals surface area contributed by atoms with Gasteiger partial charge in [-0.15, -0.1) is 0 Å². The van der Waals surface area contributed by atoms with Crippen LogP contribution in [0.15, 0.2) is 35.6 Å². The average Bonchev–Trinajstić information content (AvgIpc) is 2.96. The Hall–Kier alpha value is -2.09. The number of aryl methyl sites for hydroxylation is 1. The first kappa shape index (κ1) is 14.8. The Balaban J connectivity index is 1.73. The Kier molecular flexibility index (Phi) is 4.02. The van der Waals surface area contributed by atoms with Gasteiger partial charge in [0.15, 0.2) is 0 Å². The Morgan fingerprint density at radius 2 is 1.91 bits per heavy atom. The van der Waals surface area contributed by atoms with Crippen LogP contribution in [0.2, 0.25) is 0 Å². The van der Waals surface area contributed by atoms with Crippen molar-refractivity contribution in [2.75, 3.05) is 22.7 Å². The summed E-state index contributed by atoms with van der Waals surface area (Å²) >= 11 is 0. The first-order valence-corrected chi connectivity index (χ1v) is 8.75. The fourth-order valence-electron chi connectivity index (χ4n) is 2.51. The third kappa shape index (κ3) is 3.22. The molecule has 0 atom stereocenters. The zero-order valence-electron chi connectivity index (χ0n) is 12.4. The largest absolute Gasteiger partial charge is 0.357 e. The molecule has 1 N–H and O–H groups in total. The van der Waals surface area contributed by atoms with Gasteiger partial charge in [0.05, 0.1) is 18.1 Å². The van der Waals surface area contributed by atoms with Crippen molar-refractivity contribution in [3.05, 3.63) is 30.7 Å². The fourth-order valence-corrected chi connectivity index (χ4v) is 3.53. The molecule has 2 aromatic heterocycles. The lowest BCUT2D eigenvalue weighted by Gasteiger charge is -2.27. The molecule has 0 spiro atoms. The van der Waals surface area contributed by atoms with Crippen molar-refractivity contribution in [2.45, 2.75) is 24.2 Å². The number of hydrogen-bond donors (Lipinski definition) is 1. The fraction of sp³-hybridized carbons (Fsp3) is 0.429. The van der Waals surface area contributed by atoms with E-state index in [0.29, 0.717) is 5.69 Å². The van der Waals surface area contributed by atoms with E-state index < -0.39 is 10.0 Å². The Morgan fingerprint density at radius 1 is 1.14 bits per heavy atom. The van der Waals surface area contributed by atoms with Gasteiger partial charge in [-0.2, -0.15) is 5.10 Å². The molecule has 118 valence electrons. The summed E-state index contributed by atoms with van der Waals surface area (Å²) in [4.78, 5) is 6.72. The minimum absolute atomic E-state index is 0.134. The minimum atomic E-state index is -3.62. The molecule has 0 unspecified atom stereocenters. The second kappa shape index (κ2) is 5.96. The first-order chi connectivity index (χ1) is 10.5. The molecule has 3 heterocycles. The molecule has 2 aromatic rings. The smallest absolute Gasteiger partial charge is 0.265 e. The highest BCUT2D eigenvalue weighted by Gasteiger charge is 2.17. The maximum absolute atomic E-state index is 12.2. The molecule has 0 amide bonds. The van der Waals surface area contributed by atoms with Crippen LogP contribution in [-0.2, 0) is 17.1 Å². The van der Waals surface area contributed by atoms with E-state index in [4.69, 9.17) is 0 Å². The zero-order chi connectivity index (χ0) is 15.6. The minimum Gasteiger partial charge on any atom is -0.357 e. The van der Waals surface area contributed by atoms with Crippen LogP contribution in [0.4, 0.5) is 11.5 Å². The van der Waals surface area contributed by atoms with Gasteiger partial charge < -0.3 is 4.90 Å². The summed E-state index contributed by atoms with van der Waals surface area (Å²) in [6.07, 6.45) is 7.95. The van der Waals surface area contributed by atoms with Crippen molar-refractivity contribution in [3.63, 3.8) is 0 Å². The van der Waals surface area contributed by atoms with E-state index in [9.17, 15) is 8.42 Å². The van der Waals surface area contributed by atoms with Crippen LogP contribution >= 0.6 is 0 Å². The number of anilines is 2. The number of sulfonamides is 1. The molecule has 0 bridgehead atoms. The van der Waals surface area contributed by atoms with E-state index in [0.717, 1.165) is 18.9 Å². The molecule has 0 aliphatic carbocycles. The SMILES string of the molecule is Cn1cc(S(=O)(=O)Nc2ccc(N3CCCCC3)nc2)cn1. The van der Waals surface area contributed by atoms with E-state index in [1.165, 1.54) is 36.3 Å². The van der Waals surface area contributed by atoms with Gasteiger partial charge in [-0.1, -0.05) is 0 Å². The number of nitrogens with one attached hydrogen (secondary N) is 1. The van der Waals surface area contributed by atoms with Crippen molar-refractivity contribution >= 4 is 21.5 Å². The number of pyridine rings is 1. The predicted octanol–water partition coefficient (Wildman–Crippen LogP) is 1.61. The van der Waals surface area contributed by atoms with E-state index in [1.807, 2.05) is 6.07 Å². The topological polar surface area (TPSA) is 80.1 Å². The van der Waals surface area contributed by atoms with Crippen molar-refractivity contribution in [2.24, 2.45) is 7.05 Å². The van der Waals surface area contributed by atoms with Gasteiger partial charge >= 0.3 is 0 Å². The molecule has 1 aliphatic heterocycles. The summed E-state index contributed by atoms with van der Waals surface area (Å²) in [6, 6.07) is 3.59. The summed E-state index contributed by atoms with van der Waals surface area (Å²) in [5, 5.41) is 3.88. The van der Waals surface area contributed by atoms with Gasteiger partial charge in [0.1, 0.15) is 10.7 Å². The second-order valence-electron chi connectivity index (χ2n) is 5.41. The molecule has 1 saturated heterocycles. The number of rotatable bonds is 4. The Bertz CT molecular complexity index is 733. The van der Waals surface area contributed by atoms with E-state index in [2.05, 4.69) is 19.7 Å². The van der Waals surface area contributed by atoms with Gasteiger partial charge in [0, 0.05) is 26.3 Å². The van der Waals surface area contributed by atoms with Crippen molar-refractivity contribution < 1.29 is 8.42 Å². The molecular weight excluding hydrogens is 302 g/mol. The molecule has 0 radical (unpaired) electrons. The maximum atomic E-state index is 12.2. The normalized spacial score (nSPS) is 15.8. The zero-order valence-corrected chi connectivity index (χ0v) is 13.3. The highest BCUT2D eigenvalue weighted by molar-refractivity contribution is 7.92. The van der Waals surface area contributed by atoms with Gasteiger partial charge in [-0.3, -0.25) is 9.40 Å². The van der Waals surface area contributed by atoms with Crippen LogP contribution in [0.5, 0.6) is 0 Å². The number of nitrogens with zero attached hydrogens (tertiary/aromatic N) is 4. The van der Waals surface area contributed by atoms with Crippen LogP contribution < -0.4 is 9.62 Å². The molecule has 1 fully saturated rings. The summed E-state index contributed by atoms with van der Waals surface area (Å²) in [5.74, 6) is 0.893. The second-order valence-corrected chi connectivity index (χ2v) is 7.09. The Labute approximate surface area is 130 Å². The summed E-state index contributed by atoms with van der Waals surface area (Å²) in [5.41, 5.74) is 0.449. The molecule has 22 heavy (non-hydrogen) atoms. The average molecular weight is 321 g/mol. The molecule has 3 rings (SSSR count). The predicted molar refractivity (Wildman–Crippen MR) is 84.3 cm³/mol. The third-order valence-electron chi connectivity index (χ3n) is 3.67. The van der Waals surface area contributed by atoms with E-state index >= 15 is 0 Å². The van der Waals surface area contributed by atoms with Gasteiger partial charge in [-0.05, 0) is 31.4 Å². The van der Waals surface area contributed by atoms with Crippen LogP contribution in [0.25, 0.3) is 0 Å². The van der Waals surface area contributed by atoms with Crippen LogP contribution in [0, 0.1) is 0 Å². The quantitative estimate of drug-likeness (QED) is 0.925. The lowest BCUT2D eigenvalue weighted by Crippen LogP contribution is -2.30. The van der Waals surface area contributed by atoms with Crippen LogP contribution in [0.1, 0.15) is 19.3 Å². The molecule has 0 saturated carbocycles. The van der Waals surface area contributed by atoms with Gasteiger partial charge in [-0.25, -0.2) is 13.4 Å². The van der Waals surface area contributed by atoms with Crippen LogP contribution in [0.3, 0.4) is 0 Å². The molecule has 0 aromatic carbocycles.